The largest absolute Gasteiger partial charge is 0.468 e. The van der Waals surface area contributed by atoms with Gasteiger partial charge in [-0.1, -0.05) is 0 Å². The van der Waals surface area contributed by atoms with Gasteiger partial charge in [0.05, 0.1) is 25.5 Å². The highest BCUT2D eigenvalue weighted by Gasteiger charge is 2.21. The Morgan fingerprint density at radius 2 is 2.09 bits per heavy atom. The molecule has 1 N–H and O–H groups in total. The molecule has 3 heterocycles. The number of rotatable bonds is 6. The van der Waals surface area contributed by atoms with Gasteiger partial charge in [0, 0.05) is 39.3 Å². The van der Waals surface area contributed by atoms with E-state index >= 15 is 0 Å². The number of carbonyl (C=O) groups is 1. The molecule has 0 aromatic carbocycles. The van der Waals surface area contributed by atoms with Crippen molar-refractivity contribution in [2.45, 2.75) is 25.5 Å². The molecule has 6 heteroatoms. The molecule has 122 valence electrons. The van der Waals surface area contributed by atoms with Crippen molar-refractivity contribution in [3.8, 4) is 0 Å². The first-order chi connectivity index (χ1) is 10.8. The second-order valence-corrected chi connectivity index (χ2v) is 6.07. The average molecular weight is 307 g/mol. The van der Waals surface area contributed by atoms with Crippen molar-refractivity contribution in [3.05, 3.63) is 24.2 Å². The van der Waals surface area contributed by atoms with E-state index in [1.54, 1.807) is 6.26 Å². The van der Waals surface area contributed by atoms with Crippen LogP contribution in [-0.4, -0.2) is 67.7 Å². The van der Waals surface area contributed by atoms with Crippen LogP contribution in [-0.2, 0) is 16.1 Å². The van der Waals surface area contributed by atoms with E-state index in [0.717, 1.165) is 57.9 Å². The summed E-state index contributed by atoms with van der Waals surface area (Å²) in [4.78, 5) is 16.5. The normalized spacial score (nSPS) is 23.7. The van der Waals surface area contributed by atoms with E-state index in [-0.39, 0.29) is 12.0 Å². The zero-order chi connectivity index (χ0) is 15.2. The fraction of sp³-hybridized carbons (Fsp3) is 0.688. The lowest BCUT2D eigenvalue weighted by Crippen LogP contribution is -2.49. The summed E-state index contributed by atoms with van der Waals surface area (Å²) in [5.41, 5.74) is 0. The van der Waals surface area contributed by atoms with Gasteiger partial charge >= 0.3 is 0 Å². The Morgan fingerprint density at radius 1 is 1.27 bits per heavy atom. The summed E-state index contributed by atoms with van der Waals surface area (Å²) in [6.45, 7) is 6.62. The lowest BCUT2D eigenvalue weighted by molar-refractivity contribution is -0.123. The number of ether oxygens (including phenoxy) is 1. The van der Waals surface area contributed by atoms with Crippen LogP contribution in [0.2, 0.25) is 0 Å². The van der Waals surface area contributed by atoms with E-state index in [0.29, 0.717) is 13.1 Å². The Balaban J connectivity index is 1.32. The monoisotopic (exact) mass is 307 g/mol. The third-order valence-corrected chi connectivity index (χ3v) is 4.34. The second kappa shape index (κ2) is 7.76. The first kappa shape index (κ1) is 15.5. The van der Waals surface area contributed by atoms with Crippen molar-refractivity contribution in [1.82, 2.24) is 15.1 Å². The SMILES string of the molecule is O=C(CN1CCN(Cc2ccco2)CC1)NC[C@@H]1CCCO1. The summed E-state index contributed by atoms with van der Waals surface area (Å²) in [6.07, 6.45) is 4.10. The number of hydrogen-bond acceptors (Lipinski definition) is 5. The molecule has 2 fully saturated rings. The maximum absolute atomic E-state index is 12.0. The lowest BCUT2D eigenvalue weighted by atomic mass is 10.2. The van der Waals surface area contributed by atoms with Crippen molar-refractivity contribution in [2.75, 3.05) is 45.9 Å². The van der Waals surface area contributed by atoms with Crippen molar-refractivity contribution in [2.24, 2.45) is 0 Å². The van der Waals surface area contributed by atoms with Gasteiger partial charge < -0.3 is 14.5 Å². The van der Waals surface area contributed by atoms with Gasteiger partial charge in [-0.2, -0.15) is 0 Å². The quantitative estimate of drug-likeness (QED) is 0.838. The van der Waals surface area contributed by atoms with Gasteiger partial charge in [-0.15, -0.1) is 0 Å². The molecule has 22 heavy (non-hydrogen) atoms. The van der Waals surface area contributed by atoms with Crippen LogP contribution in [0.1, 0.15) is 18.6 Å². The van der Waals surface area contributed by atoms with Crippen LogP contribution in [0.4, 0.5) is 0 Å². The fourth-order valence-electron chi connectivity index (χ4n) is 3.02. The summed E-state index contributed by atoms with van der Waals surface area (Å²) in [5, 5.41) is 2.99. The molecular formula is C16H25N3O3. The number of amides is 1. The third-order valence-electron chi connectivity index (χ3n) is 4.34. The standard InChI is InChI=1S/C16H25N3O3/c20-16(17-11-14-3-1-9-21-14)13-19-7-5-18(6-8-19)12-15-4-2-10-22-15/h2,4,10,14H,1,3,5-9,11-13H2,(H,17,20)/t14-/m0/s1. The molecule has 1 aromatic rings. The van der Waals surface area contributed by atoms with E-state index in [1.807, 2.05) is 12.1 Å². The molecule has 2 saturated heterocycles. The molecule has 1 amide bonds. The van der Waals surface area contributed by atoms with Crippen molar-refractivity contribution >= 4 is 5.91 Å². The molecule has 0 saturated carbocycles. The zero-order valence-corrected chi connectivity index (χ0v) is 13.0. The molecule has 1 atom stereocenters. The minimum absolute atomic E-state index is 0.106. The highest BCUT2D eigenvalue weighted by Crippen LogP contribution is 2.11. The second-order valence-electron chi connectivity index (χ2n) is 6.07. The highest BCUT2D eigenvalue weighted by molar-refractivity contribution is 5.78. The molecule has 1 aromatic heterocycles. The predicted molar refractivity (Wildman–Crippen MR) is 82.4 cm³/mol. The highest BCUT2D eigenvalue weighted by atomic mass is 16.5. The Kier molecular flexibility index (Phi) is 5.48. The Morgan fingerprint density at radius 3 is 2.77 bits per heavy atom. The number of nitrogens with zero attached hydrogens (tertiary/aromatic N) is 2. The van der Waals surface area contributed by atoms with Crippen LogP contribution in [0.25, 0.3) is 0 Å². The molecule has 2 aliphatic heterocycles. The van der Waals surface area contributed by atoms with E-state index in [1.165, 1.54) is 0 Å². The number of hydrogen-bond donors (Lipinski definition) is 1. The van der Waals surface area contributed by atoms with Crippen molar-refractivity contribution in [1.29, 1.82) is 0 Å². The third kappa shape index (κ3) is 4.56. The van der Waals surface area contributed by atoms with Crippen LogP contribution in [0.3, 0.4) is 0 Å². The van der Waals surface area contributed by atoms with Crippen molar-refractivity contribution < 1.29 is 13.9 Å². The molecule has 0 spiro atoms. The molecule has 0 aliphatic carbocycles. The van der Waals surface area contributed by atoms with Gasteiger partial charge in [-0.25, -0.2) is 0 Å². The van der Waals surface area contributed by atoms with E-state index in [4.69, 9.17) is 9.15 Å². The molecular weight excluding hydrogens is 282 g/mol. The van der Waals surface area contributed by atoms with E-state index in [9.17, 15) is 4.79 Å². The first-order valence-electron chi connectivity index (χ1n) is 8.15. The van der Waals surface area contributed by atoms with Crippen LogP contribution in [0.5, 0.6) is 0 Å². The number of nitrogens with one attached hydrogen (secondary N) is 1. The summed E-state index contributed by atoms with van der Waals surface area (Å²) in [5.74, 6) is 1.11. The van der Waals surface area contributed by atoms with Gasteiger partial charge in [0.25, 0.3) is 0 Å². The Labute approximate surface area is 131 Å². The summed E-state index contributed by atoms with van der Waals surface area (Å²) in [6, 6.07) is 3.93. The lowest BCUT2D eigenvalue weighted by Gasteiger charge is -2.33. The van der Waals surface area contributed by atoms with Gasteiger partial charge in [-0.05, 0) is 25.0 Å². The Bertz CT molecular complexity index is 449. The summed E-state index contributed by atoms with van der Waals surface area (Å²) in [7, 11) is 0. The van der Waals surface area contributed by atoms with Gasteiger partial charge in [-0.3, -0.25) is 14.6 Å². The average Bonchev–Trinajstić information content (AvgIpc) is 3.20. The first-order valence-corrected chi connectivity index (χ1v) is 8.15. The molecule has 0 unspecified atom stereocenters. The summed E-state index contributed by atoms with van der Waals surface area (Å²) >= 11 is 0. The minimum Gasteiger partial charge on any atom is -0.468 e. The smallest absolute Gasteiger partial charge is 0.234 e. The zero-order valence-electron chi connectivity index (χ0n) is 13.0. The van der Waals surface area contributed by atoms with Gasteiger partial charge in [0.15, 0.2) is 0 Å². The van der Waals surface area contributed by atoms with Crippen molar-refractivity contribution in [3.63, 3.8) is 0 Å². The van der Waals surface area contributed by atoms with Crippen LogP contribution in [0, 0.1) is 0 Å². The molecule has 6 nitrogen and oxygen atoms in total. The molecule has 3 rings (SSSR count). The van der Waals surface area contributed by atoms with Crippen LogP contribution < -0.4 is 5.32 Å². The van der Waals surface area contributed by atoms with E-state index in [2.05, 4.69) is 15.1 Å². The number of furan rings is 1. The molecule has 0 radical (unpaired) electrons. The maximum Gasteiger partial charge on any atom is 0.234 e. The predicted octanol–water partition coefficient (Wildman–Crippen LogP) is 0.692. The number of piperazine rings is 1. The molecule has 0 bridgehead atoms. The van der Waals surface area contributed by atoms with Gasteiger partial charge in [0.2, 0.25) is 5.91 Å². The fourth-order valence-corrected chi connectivity index (χ4v) is 3.02. The topological polar surface area (TPSA) is 58.0 Å². The minimum atomic E-state index is 0.106. The summed E-state index contributed by atoms with van der Waals surface area (Å²) < 4.78 is 10.9. The number of carbonyl (C=O) groups excluding carboxylic acids is 1. The van der Waals surface area contributed by atoms with Crippen LogP contribution in [0.15, 0.2) is 22.8 Å². The van der Waals surface area contributed by atoms with Gasteiger partial charge in [0.1, 0.15) is 5.76 Å². The Hall–Kier alpha value is -1.37. The van der Waals surface area contributed by atoms with Crippen LogP contribution >= 0.6 is 0 Å². The maximum atomic E-state index is 12.0. The molecule has 2 aliphatic rings. The van der Waals surface area contributed by atoms with E-state index < -0.39 is 0 Å².